The monoisotopic (exact) mass is 244 g/mol. The number of benzene rings is 1. The van der Waals surface area contributed by atoms with Gasteiger partial charge in [0.05, 0.1) is 12.0 Å². The highest BCUT2D eigenvalue weighted by Crippen LogP contribution is 2.31. The van der Waals surface area contributed by atoms with Crippen molar-refractivity contribution in [1.82, 2.24) is 0 Å². The standard InChI is InChI=1S/C7H4F4O3S/c1-2-3(8)5(10)7(15-14-13-12)6(11)4(2)9/h12H,1H3. The fourth-order valence-corrected chi connectivity index (χ4v) is 1.27. The molecule has 0 aliphatic heterocycles. The maximum atomic E-state index is 13.0. The molecule has 0 aliphatic rings. The van der Waals surface area contributed by atoms with Crippen molar-refractivity contribution in [3.05, 3.63) is 28.8 Å². The molecule has 0 saturated heterocycles. The number of hydrogen-bond acceptors (Lipinski definition) is 4. The summed E-state index contributed by atoms with van der Waals surface area (Å²) < 4.78 is 55.5. The minimum Gasteiger partial charge on any atom is -0.220 e. The molecule has 8 heteroatoms. The maximum Gasteiger partial charge on any atom is 0.178 e. The highest BCUT2D eigenvalue weighted by atomic mass is 32.2. The summed E-state index contributed by atoms with van der Waals surface area (Å²) in [5.74, 6) is -6.29. The first kappa shape index (κ1) is 12.2. The summed E-state index contributed by atoms with van der Waals surface area (Å²) in [4.78, 5) is -1.08. The van der Waals surface area contributed by atoms with Gasteiger partial charge in [-0.3, -0.25) is 0 Å². The Morgan fingerprint density at radius 1 is 1.00 bits per heavy atom. The molecule has 0 aromatic heterocycles. The van der Waals surface area contributed by atoms with E-state index in [1.807, 2.05) is 0 Å². The van der Waals surface area contributed by atoms with E-state index in [0.717, 1.165) is 6.92 Å². The molecule has 0 bridgehead atoms. The molecule has 0 unspecified atom stereocenters. The first-order chi connectivity index (χ1) is 7.00. The predicted molar refractivity (Wildman–Crippen MR) is 41.7 cm³/mol. The second-order valence-corrected chi connectivity index (χ2v) is 3.15. The Labute approximate surface area is 85.7 Å². The predicted octanol–water partition coefficient (Wildman–Crippen LogP) is 2.98. The zero-order valence-electron chi connectivity index (χ0n) is 7.18. The fraction of sp³-hybridized carbons (Fsp3) is 0.143. The van der Waals surface area contributed by atoms with Crippen LogP contribution in [0.3, 0.4) is 0 Å². The van der Waals surface area contributed by atoms with Crippen molar-refractivity contribution >= 4 is 12.0 Å². The minimum atomic E-state index is -1.62. The van der Waals surface area contributed by atoms with Gasteiger partial charge in [0, 0.05) is 5.56 Å². The van der Waals surface area contributed by atoms with Crippen molar-refractivity contribution < 1.29 is 32.2 Å². The minimum absolute atomic E-state index is 0.192. The van der Waals surface area contributed by atoms with Gasteiger partial charge < -0.3 is 0 Å². The fourth-order valence-electron chi connectivity index (χ4n) is 0.844. The molecule has 0 radical (unpaired) electrons. The Balaban J connectivity index is 3.26. The van der Waals surface area contributed by atoms with Crippen molar-refractivity contribution in [2.24, 2.45) is 0 Å². The van der Waals surface area contributed by atoms with Crippen molar-refractivity contribution in [3.63, 3.8) is 0 Å². The van der Waals surface area contributed by atoms with Crippen LogP contribution >= 0.6 is 12.0 Å². The van der Waals surface area contributed by atoms with Crippen LogP contribution in [0.4, 0.5) is 17.6 Å². The summed E-state index contributed by atoms with van der Waals surface area (Å²) in [7, 11) is 0. The van der Waals surface area contributed by atoms with Gasteiger partial charge >= 0.3 is 0 Å². The van der Waals surface area contributed by atoms with Crippen molar-refractivity contribution in [2.75, 3.05) is 0 Å². The van der Waals surface area contributed by atoms with Crippen LogP contribution in [0.5, 0.6) is 0 Å². The van der Waals surface area contributed by atoms with Crippen LogP contribution < -0.4 is 0 Å². The number of rotatable bonds is 3. The summed E-state index contributed by atoms with van der Waals surface area (Å²) in [5.41, 5.74) is -0.778. The summed E-state index contributed by atoms with van der Waals surface area (Å²) in [5, 5.41) is 10.8. The van der Waals surface area contributed by atoms with E-state index < -0.39 is 33.7 Å². The average molecular weight is 244 g/mol. The zero-order chi connectivity index (χ0) is 11.6. The van der Waals surface area contributed by atoms with Gasteiger partial charge in [0.1, 0.15) is 4.90 Å². The second-order valence-electron chi connectivity index (χ2n) is 2.44. The van der Waals surface area contributed by atoms with Crippen LogP contribution in [0.1, 0.15) is 5.56 Å². The van der Waals surface area contributed by atoms with Crippen molar-refractivity contribution in [3.8, 4) is 0 Å². The molecule has 0 atom stereocenters. The summed E-state index contributed by atoms with van der Waals surface area (Å²) >= 11 is -0.192. The smallest absolute Gasteiger partial charge is 0.178 e. The lowest BCUT2D eigenvalue weighted by molar-refractivity contribution is -0.432. The lowest BCUT2D eigenvalue weighted by Gasteiger charge is -2.06. The van der Waals surface area contributed by atoms with Crippen LogP contribution in [0.15, 0.2) is 4.90 Å². The van der Waals surface area contributed by atoms with Gasteiger partial charge in [-0.15, -0.1) is 4.33 Å². The molecule has 0 fully saturated rings. The molecule has 0 aliphatic carbocycles. The van der Waals surface area contributed by atoms with E-state index in [-0.39, 0.29) is 12.0 Å². The molecule has 0 spiro atoms. The van der Waals surface area contributed by atoms with Crippen molar-refractivity contribution in [1.29, 1.82) is 0 Å². The highest BCUT2D eigenvalue weighted by Gasteiger charge is 2.24. The Kier molecular flexibility index (Phi) is 3.91. The number of hydrogen-bond donors (Lipinski definition) is 1. The van der Waals surface area contributed by atoms with Gasteiger partial charge in [0.15, 0.2) is 23.3 Å². The Hall–Kier alpha value is -0.830. The molecule has 15 heavy (non-hydrogen) atoms. The van der Waals surface area contributed by atoms with E-state index in [1.165, 1.54) is 0 Å². The van der Waals surface area contributed by atoms with Gasteiger partial charge in [0.25, 0.3) is 0 Å². The van der Waals surface area contributed by atoms with Gasteiger partial charge in [-0.2, -0.15) is 0 Å². The molecule has 1 aromatic carbocycles. The van der Waals surface area contributed by atoms with E-state index in [9.17, 15) is 17.6 Å². The number of halogens is 4. The van der Waals surface area contributed by atoms with E-state index >= 15 is 0 Å². The molecule has 84 valence electrons. The molecule has 0 heterocycles. The third-order valence-corrected chi connectivity index (χ3v) is 2.24. The van der Waals surface area contributed by atoms with Gasteiger partial charge in [-0.25, -0.2) is 22.8 Å². The Morgan fingerprint density at radius 3 is 1.87 bits per heavy atom. The highest BCUT2D eigenvalue weighted by molar-refractivity contribution is 7.94. The quantitative estimate of drug-likeness (QED) is 0.291. The third kappa shape index (κ3) is 2.23. The normalized spacial score (nSPS) is 10.8. The summed E-state index contributed by atoms with van der Waals surface area (Å²) in [6.45, 7) is 0.884. The average Bonchev–Trinajstić information content (AvgIpc) is 2.24. The molecule has 1 aromatic rings. The Morgan fingerprint density at radius 2 is 1.47 bits per heavy atom. The van der Waals surface area contributed by atoms with Crippen LogP contribution in [-0.4, -0.2) is 5.26 Å². The molecule has 0 saturated carbocycles. The van der Waals surface area contributed by atoms with Crippen LogP contribution in [0.2, 0.25) is 0 Å². The van der Waals surface area contributed by atoms with E-state index in [0.29, 0.717) is 0 Å². The molecular formula is C7H4F4O3S. The molecule has 1 N–H and O–H groups in total. The van der Waals surface area contributed by atoms with Crippen molar-refractivity contribution in [2.45, 2.75) is 11.8 Å². The molecular weight excluding hydrogens is 240 g/mol. The largest absolute Gasteiger partial charge is 0.220 e. The lowest BCUT2D eigenvalue weighted by atomic mass is 10.2. The van der Waals surface area contributed by atoms with Crippen LogP contribution in [-0.2, 0) is 9.37 Å². The summed E-state index contributed by atoms with van der Waals surface area (Å²) in [6, 6.07) is 0. The van der Waals surface area contributed by atoms with Gasteiger partial charge in [-0.1, -0.05) is 5.04 Å². The SMILES string of the molecule is Cc1c(F)c(F)c(SOOO)c(F)c1F. The van der Waals surface area contributed by atoms with Gasteiger partial charge in [-0.05, 0) is 6.92 Å². The topological polar surface area (TPSA) is 38.7 Å². The van der Waals surface area contributed by atoms with E-state index in [1.54, 1.807) is 0 Å². The van der Waals surface area contributed by atoms with Gasteiger partial charge in [0.2, 0.25) is 0 Å². The lowest BCUT2D eigenvalue weighted by Crippen LogP contribution is -2.02. The first-order valence-electron chi connectivity index (χ1n) is 3.48. The molecule has 3 nitrogen and oxygen atoms in total. The molecule has 1 rings (SSSR count). The molecule has 0 amide bonds. The van der Waals surface area contributed by atoms with E-state index in [2.05, 4.69) is 9.37 Å². The summed E-state index contributed by atoms with van der Waals surface area (Å²) in [6.07, 6.45) is 0. The third-order valence-electron chi connectivity index (χ3n) is 1.59. The van der Waals surface area contributed by atoms with Crippen LogP contribution in [0.25, 0.3) is 0 Å². The second kappa shape index (κ2) is 4.79. The maximum absolute atomic E-state index is 13.0. The first-order valence-corrected chi connectivity index (χ1v) is 4.22. The van der Waals surface area contributed by atoms with Crippen LogP contribution in [0, 0.1) is 30.2 Å². The zero-order valence-corrected chi connectivity index (χ0v) is 8.00. The Bertz CT molecular complexity index is 356. The van der Waals surface area contributed by atoms with E-state index in [4.69, 9.17) is 5.26 Å².